The van der Waals surface area contributed by atoms with E-state index in [-0.39, 0.29) is 5.91 Å². The molecule has 0 bridgehead atoms. The number of anilines is 1. The summed E-state index contributed by atoms with van der Waals surface area (Å²) in [6.07, 6.45) is 1.17. The highest BCUT2D eigenvalue weighted by atomic mass is 16.5. The van der Waals surface area contributed by atoms with Crippen LogP contribution in [0.4, 0.5) is 5.69 Å². The van der Waals surface area contributed by atoms with Crippen molar-refractivity contribution in [3.05, 3.63) is 59.5 Å². The lowest BCUT2D eigenvalue weighted by Crippen LogP contribution is -2.30. The van der Waals surface area contributed by atoms with Gasteiger partial charge in [-0.15, -0.1) is 0 Å². The third kappa shape index (κ3) is 3.06. The number of amides is 1. The van der Waals surface area contributed by atoms with E-state index in [9.17, 15) is 4.79 Å². The van der Waals surface area contributed by atoms with Crippen molar-refractivity contribution in [3.8, 4) is 17.1 Å². The molecule has 0 spiro atoms. The minimum Gasteiger partial charge on any atom is -0.497 e. The van der Waals surface area contributed by atoms with Gasteiger partial charge in [0.25, 0.3) is 0 Å². The number of ether oxygens (including phenoxy) is 1. The highest BCUT2D eigenvalue weighted by Crippen LogP contribution is 2.32. The Hall–Kier alpha value is -3.15. The Kier molecular flexibility index (Phi) is 4.16. The Morgan fingerprint density at radius 3 is 2.92 bits per heavy atom. The molecular formula is C20H19N3O3. The number of hydrogen-bond donors (Lipinski definition) is 0. The minimum atomic E-state index is 0.0835. The Labute approximate surface area is 151 Å². The Morgan fingerprint density at radius 2 is 2.15 bits per heavy atom. The van der Waals surface area contributed by atoms with Crippen LogP contribution >= 0.6 is 0 Å². The lowest BCUT2D eigenvalue weighted by molar-refractivity contribution is -0.117. The first-order valence-corrected chi connectivity index (χ1v) is 8.51. The monoisotopic (exact) mass is 349 g/mol. The van der Waals surface area contributed by atoms with Crippen LogP contribution in [0.1, 0.15) is 17.0 Å². The number of methoxy groups -OCH3 is 1. The molecule has 4 rings (SSSR count). The van der Waals surface area contributed by atoms with E-state index in [2.05, 4.69) is 10.1 Å². The van der Waals surface area contributed by atoms with E-state index < -0.39 is 0 Å². The number of hydrogen-bond acceptors (Lipinski definition) is 5. The number of fused-ring (bicyclic) bond motifs is 1. The van der Waals surface area contributed by atoms with Gasteiger partial charge in [0.2, 0.25) is 17.6 Å². The quantitative estimate of drug-likeness (QED) is 0.723. The third-order valence-corrected chi connectivity index (χ3v) is 4.55. The highest BCUT2D eigenvalue weighted by Gasteiger charge is 2.25. The molecule has 2 heterocycles. The Morgan fingerprint density at radius 1 is 1.27 bits per heavy atom. The van der Waals surface area contributed by atoms with Gasteiger partial charge in [0.15, 0.2) is 0 Å². The van der Waals surface area contributed by atoms with Crippen LogP contribution in [-0.4, -0.2) is 29.7 Å². The average molecular weight is 349 g/mol. The van der Waals surface area contributed by atoms with Crippen molar-refractivity contribution >= 4 is 11.6 Å². The molecule has 26 heavy (non-hydrogen) atoms. The first-order valence-electron chi connectivity index (χ1n) is 8.51. The molecule has 0 fully saturated rings. The lowest BCUT2D eigenvalue weighted by atomic mass is 10.1. The summed E-state index contributed by atoms with van der Waals surface area (Å²) in [5.74, 6) is 1.96. The zero-order valence-electron chi connectivity index (χ0n) is 14.7. The molecule has 0 saturated carbocycles. The second-order valence-electron chi connectivity index (χ2n) is 6.30. The van der Waals surface area contributed by atoms with E-state index >= 15 is 0 Å². The number of benzene rings is 2. The Balaban J connectivity index is 1.54. The number of carbonyl (C=O) groups excluding carboxylic acids is 1. The predicted octanol–water partition coefficient (Wildman–Crippen LogP) is 3.19. The standard InChI is InChI=1S/C20H19N3O3/c1-13-21-20(22-26-13)16-6-7-18-15(12-16)8-9-23(18)19(24)11-14-4-3-5-17(10-14)25-2/h3-7,10,12H,8-9,11H2,1-2H3. The van der Waals surface area contributed by atoms with Gasteiger partial charge in [-0.25, -0.2) is 0 Å². The molecule has 0 radical (unpaired) electrons. The first kappa shape index (κ1) is 16.3. The third-order valence-electron chi connectivity index (χ3n) is 4.55. The molecule has 0 saturated heterocycles. The van der Waals surface area contributed by atoms with Gasteiger partial charge in [-0.1, -0.05) is 17.3 Å². The fourth-order valence-corrected chi connectivity index (χ4v) is 3.27. The summed E-state index contributed by atoms with van der Waals surface area (Å²) in [6.45, 7) is 2.45. The van der Waals surface area contributed by atoms with Crippen molar-refractivity contribution in [3.63, 3.8) is 0 Å². The second kappa shape index (κ2) is 6.63. The molecule has 0 aliphatic carbocycles. The SMILES string of the molecule is COc1cccc(CC(=O)N2CCc3cc(-c4noc(C)n4)ccc32)c1. The number of nitrogens with zero attached hydrogens (tertiary/aromatic N) is 3. The van der Waals surface area contributed by atoms with Gasteiger partial charge in [-0.3, -0.25) is 4.79 Å². The van der Waals surface area contributed by atoms with E-state index in [0.717, 1.165) is 34.5 Å². The van der Waals surface area contributed by atoms with Gasteiger partial charge in [0, 0.05) is 24.7 Å². The van der Waals surface area contributed by atoms with Crippen LogP contribution in [0, 0.1) is 6.92 Å². The molecule has 3 aromatic rings. The van der Waals surface area contributed by atoms with Crippen LogP contribution in [0.25, 0.3) is 11.4 Å². The summed E-state index contributed by atoms with van der Waals surface area (Å²) < 4.78 is 10.3. The van der Waals surface area contributed by atoms with Crippen LogP contribution in [0.5, 0.6) is 5.75 Å². The van der Waals surface area contributed by atoms with Gasteiger partial charge in [0.1, 0.15) is 5.75 Å². The zero-order chi connectivity index (χ0) is 18.1. The van der Waals surface area contributed by atoms with Crippen LogP contribution in [0.2, 0.25) is 0 Å². The van der Waals surface area contributed by atoms with E-state index in [1.807, 2.05) is 47.4 Å². The molecule has 0 atom stereocenters. The van der Waals surface area contributed by atoms with E-state index in [1.165, 1.54) is 0 Å². The summed E-state index contributed by atoms with van der Waals surface area (Å²) >= 11 is 0. The molecule has 0 unspecified atom stereocenters. The fraction of sp³-hybridized carbons (Fsp3) is 0.250. The molecule has 6 nitrogen and oxygen atoms in total. The summed E-state index contributed by atoms with van der Waals surface area (Å²) in [6, 6.07) is 13.6. The maximum Gasteiger partial charge on any atom is 0.231 e. The van der Waals surface area contributed by atoms with Crippen molar-refractivity contribution in [2.24, 2.45) is 0 Å². The Bertz CT molecular complexity index is 964. The fourth-order valence-electron chi connectivity index (χ4n) is 3.27. The van der Waals surface area contributed by atoms with Gasteiger partial charge in [-0.2, -0.15) is 4.98 Å². The molecule has 1 aliphatic rings. The molecule has 6 heteroatoms. The second-order valence-corrected chi connectivity index (χ2v) is 6.30. The molecule has 0 N–H and O–H groups in total. The van der Waals surface area contributed by atoms with Crippen molar-refractivity contribution < 1.29 is 14.1 Å². The van der Waals surface area contributed by atoms with Gasteiger partial charge < -0.3 is 14.2 Å². The van der Waals surface area contributed by atoms with Crippen LogP contribution in [0.3, 0.4) is 0 Å². The predicted molar refractivity (Wildman–Crippen MR) is 97.2 cm³/mol. The number of rotatable bonds is 4. The van der Waals surface area contributed by atoms with E-state index in [4.69, 9.17) is 9.26 Å². The molecule has 1 aliphatic heterocycles. The topological polar surface area (TPSA) is 68.5 Å². The van der Waals surface area contributed by atoms with E-state index in [0.29, 0.717) is 24.7 Å². The maximum atomic E-state index is 12.8. The van der Waals surface area contributed by atoms with Crippen molar-refractivity contribution in [1.82, 2.24) is 10.1 Å². The summed E-state index contributed by atoms with van der Waals surface area (Å²) in [4.78, 5) is 18.9. The van der Waals surface area contributed by atoms with Crippen molar-refractivity contribution in [2.45, 2.75) is 19.8 Å². The normalized spacial score (nSPS) is 12.9. The number of aromatic nitrogens is 2. The molecule has 132 valence electrons. The van der Waals surface area contributed by atoms with Gasteiger partial charge in [-0.05, 0) is 47.9 Å². The minimum absolute atomic E-state index is 0.0835. The van der Waals surface area contributed by atoms with Crippen molar-refractivity contribution in [2.75, 3.05) is 18.6 Å². The number of carbonyl (C=O) groups is 1. The largest absolute Gasteiger partial charge is 0.497 e. The van der Waals surface area contributed by atoms with Crippen molar-refractivity contribution in [1.29, 1.82) is 0 Å². The number of aryl methyl sites for hydroxylation is 1. The molecular weight excluding hydrogens is 330 g/mol. The summed E-state index contributed by atoms with van der Waals surface area (Å²) in [5, 5.41) is 3.96. The van der Waals surface area contributed by atoms with Gasteiger partial charge >= 0.3 is 0 Å². The summed E-state index contributed by atoms with van der Waals surface area (Å²) in [7, 11) is 1.63. The molecule has 1 aromatic heterocycles. The van der Waals surface area contributed by atoms with Gasteiger partial charge in [0.05, 0.1) is 13.5 Å². The van der Waals surface area contributed by atoms with Crippen LogP contribution in [-0.2, 0) is 17.6 Å². The maximum absolute atomic E-state index is 12.8. The van der Waals surface area contributed by atoms with E-state index in [1.54, 1.807) is 14.0 Å². The molecule has 2 aromatic carbocycles. The lowest BCUT2D eigenvalue weighted by Gasteiger charge is -2.17. The van der Waals surface area contributed by atoms with Crippen LogP contribution < -0.4 is 9.64 Å². The highest BCUT2D eigenvalue weighted by molar-refractivity contribution is 5.97. The molecule has 1 amide bonds. The summed E-state index contributed by atoms with van der Waals surface area (Å²) in [5.41, 5.74) is 3.94. The zero-order valence-corrected chi connectivity index (χ0v) is 14.7. The smallest absolute Gasteiger partial charge is 0.231 e. The van der Waals surface area contributed by atoms with Crippen LogP contribution in [0.15, 0.2) is 47.0 Å². The first-order chi connectivity index (χ1) is 12.6. The average Bonchev–Trinajstić information content (AvgIpc) is 3.27.